The van der Waals surface area contributed by atoms with E-state index >= 15 is 0 Å². The molecule has 0 radical (unpaired) electrons. The van der Waals surface area contributed by atoms with Gasteiger partial charge in [0.2, 0.25) is 5.01 Å². The van der Waals surface area contributed by atoms with Gasteiger partial charge in [-0.1, -0.05) is 52.7 Å². The molecule has 1 amide bonds. The van der Waals surface area contributed by atoms with Crippen molar-refractivity contribution in [1.82, 2.24) is 10.2 Å². The number of rotatable bonds is 7. The van der Waals surface area contributed by atoms with Gasteiger partial charge in [0.25, 0.3) is 5.91 Å². The number of amides is 1. The SMILES string of the molecule is COc1cc(/C=C(\Cl)c2nnc(C(=O)Nc3ccccc3)s2)cc(Cl)c1OC(C)C. The Morgan fingerprint density at radius 1 is 1.17 bits per heavy atom. The van der Waals surface area contributed by atoms with Crippen LogP contribution in [0.3, 0.4) is 0 Å². The molecule has 0 atom stereocenters. The molecule has 2 aromatic carbocycles. The van der Waals surface area contributed by atoms with E-state index in [-0.39, 0.29) is 17.0 Å². The monoisotopic (exact) mass is 463 g/mol. The fourth-order valence-corrected chi connectivity index (χ4v) is 3.69. The fraction of sp³-hybridized carbons (Fsp3) is 0.190. The van der Waals surface area contributed by atoms with Gasteiger partial charge >= 0.3 is 0 Å². The molecular weight excluding hydrogens is 445 g/mol. The van der Waals surface area contributed by atoms with Crippen molar-refractivity contribution in [2.45, 2.75) is 20.0 Å². The quantitative estimate of drug-likeness (QED) is 0.466. The zero-order valence-electron chi connectivity index (χ0n) is 16.5. The molecule has 9 heteroatoms. The number of nitrogens with one attached hydrogen (secondary N) is 1. The first-order valence-corrected chi connectivity index (χ1v) is 10.6. The number of halogens is 2. The van der Waals surface area contributed by atoms with E-state index in [1.54, 1.807) is 30.3 Å². The Balaban J connectivity index is 1.81. The van der Waals surface area contributed by atoms with Crippen LogP contribution in [0.2, 0.25) is 5.02 Å². The maximum atomic E-state index is 12.3. The number of hydrogen-bond donors (Lipinski definition) is 1. The molecule has 1 N–H and O–H groups in total. The third kappa shape index (κ3) is 5.50. The first kappa shape index (κ1) is 22.1. The van der Waals surface area contributed by atoms with Gasteiger partial charge in [0.15, 0.2) is 16.5 Å². The van der Waals surface area contributed by atoms with E-state index in [0.717, 1.165) is 11.3 Å². The van der Waals surface area contributed by atoms with Crippen LogP contribution in [0, 0.1) is 0 Å². The molecule has 0 saturated carbocycles. The van der Waals surface area contributed by atoms with Crippen molar-refractivity contribution in [3.63, 3.8) is 0 Å². The van der Waals surface area contributed by atoms with Gasteiger partial charge < -0.3 is 14.8 Å². The molecule has 156 valence electrons. The summed E-state index contributed by atoms with van der Waals surface area (Å²) in [4.78, 5) is 12.3. The Bertz CT molecular complexity index is 1070. The summed E-state index contributed by atoms with van der Waals surface area (Å²) in [5.74, 6) is 0.611. The highest BCUT2D eigenvalue weighted by Gasteiger charge is 2.16. The van der Waals surface area contributed by atoms with Gasteiger partial charge in [-0.05, 0) is 49.8 Å². The Labute approximate surface area is 188 Å². The first-order valence-electron chi connectivity index (χ1n) is 8.99. The predicted octanol–water partition coefficient (Wildman–Crippen LogP) is 5.98. The second kappa shape index (κ2) is 9.93. The predicted molar refractivity (Wildman–Crippen MR) is 122 cm³/mol. The lowest BCUT2D eigenvalue weighted by atomic mass is 10.2. The highest BCUT2D eigenvalue weighted by molar-refractivity contribution is 7.15. The minimum Gasteiger partial charge on any atom is -0.493 e. The molecule has 0 aliphatic heterocycles. The molecular formula is C21H19Cl2N3O3S. The Kier molecular flexibility index (Phi) is 7.31. The van der Waals surface area contributed by atoms with E-state index in [1.807, 2.05) is 32.0 Å². The summed E-state index contributed by atoms with van der Waals surface area (Å²) in [6, 6.07) is 12.6. The molecule has 3 rings (SSSR count). The van der Waals surface area contributed by atoms with Crippen molar-refractivity contribution in [3.8, 4) is 11.5 Å². The molecule has 0 aliphatic carbocycles. The van der Waals surface area contributed by atoms with Gasteiger partial charge in [0.05, 0.1) is 23.3 Å². The van der Waals surface area contributed by atoms with Crippen LogP contribution in [0.4, 0.5) is 5.69 Å². The van der Waals surface area contributed by atoms with E-state index in [2.05, 4.69) is 15.5 Å². The van der Waals surface area contributed by atoms with Crippen molar-refractivity contribution >= 4 is 57.2 Å². The van der Waals surface area contributed by atoms with Crippen molar-refractivity contribution in [3.05, 3.63) is 63.1 Å². The topological polar surface area (TPSA) is 73.3 Å². The lowest BCUT2D eigenvalue weighted by molar-refractivity contribution is 0.102. The largest absolute Gasteiger partial charge is 0.493 e. The molecule has 1 aromatic heterocycles. The van der Waals surface area contributed by atoms with Gasteiger partial charge in [-0.3, -0.25) is 4.79 Å². The molecule has 1 heterocycles. The maximum Gasteiger partial charge on any atom is 0.286 e. The molecule has 30 heavy (non-hydrogen) atoms. The summed E-state index contributed by atoms with van der Waals surface area (Å²) in [7, 11) is 1.54. The van der Waals surface area contributed by atoms with E-state index in [9.17, 15) is 4.79 Å². The smallest absolute Gasteiger partial charge is 0.286 e. The van der Waals surface area contributed by atoms with Gasteiger partial charge in [0, 0.05) is 5.69 Å². The maximum absolute atomic E-state index is 12.3. The van der Waals surface area contributed by atoms with Crippen molar-refractivity contribution in [2.24, 2.45) is 0 Å². The van der Waals surface area contributed by atoms with Crippen LogP contribution >= 0.6 is 34.5 Å². The van der Waals surface area contributed by atoms with E-state index < -0.39 is 0 Å². The van der Waals surface area contributed by atoms with E-state index in [0.29, 0.717) is 37.8 Å². The molecule has 3 aromatic rings. The van der Waals surface area contributed by atoms with Crippen LogP contribution in [0.5, 0.6) is 11.5 Å². The molecule has 0 aliphatic rings. The third-order valence-corrected chi connectivity index (χ3v) is 5.39. The molecule has 6 nitrogen and oxygen atoms in total. The average Bonchev–Trinajstić information content (AvgIpc) is 3.21. The van der Waals surface area contributed by atoms with Crippen LogP contribution in [0.1, 0.15) is 34.2 Å². The number of hydrogen-bond acceptors (Lipinski definition) is 6. The summed E-state index contributed by atoms with van der Waals surface area (Å²) in [6.07, 6.45) is 1.62. The highest BCUT2D eigenvalue weighted by Crippen LogP contribution is 2.38. The second-order valence-electron chi connectivity index (χ2n) is 6.43. The summed E-state index contributed by atoms with van der Waals surface area (Å²) >= 11 is 13.9. The lowest BCUT2D eigenvalue weighted by Gasteiger charge is -2.15. The van der Waals surface area contributed by atoms with Gasteiger partial charge in [0.1, 0.15) is 0 Å². The normalized spacial score (nSPS) is 11.5. The number of para-hydroxylation sites is 1. The molecule has 0 bridgehead atoms. The summed E-state index contributed by atoms with van der Waals surface area (Å²) < 4.78 is 11.1. The van der Waals surface area contributed by atoms with Crippen LogP contribution in [-0.4, -0.2) is 29.3 Å². The number of carbonyl (C=O) groups is 1. The Morgan fingerprint density at radius 3 is 2.53 bits per heavy atom. The van der Waals surface area contributed by atoms with Crippen molar-refractivity contribution in [2.75, 3.05) is 12.4 Å². The fourth-order valence-electron chi connectivity index (χ4n) is 2.50. The Hall–Kier alpha value is -2.61. The molecule has 0 fully saturated rings. The van der Waals surface area contributed by atoms with Gasteiger partial charge in [-0.25, -0.2) is 0 Å². The lowest BCUT2D eigenvalue weighted by Crippen LogP contribution is -2.11. The summed E-state index contributed by atoms with van der Waals surface area (Å²) in [6.45, 7) is 3.81. The number of methoxy groups -OCH3 is 1. The zero-order chi connectivity index (χ0) is 21.7. The van der Waals surface area contributed by atoms with Crippen molar-refractivity contribution in [1.29, 1.82) is 0 Å². The molecule has 0 saturated heterocycles. The average molecular weight is 464 g/mol. The number of nitrogens with zero attached hydrogens (tertiary/aromatic N) is 2. The summed E-state index contributed by atoms with van der Waals surface area (Å²) in [5.41, 5.74) is 1.37. The van der Waals surface area contributed by atoms with Crippen LogP contribution in [0.15, 0.2) is 42.5 Å². The number of benzene rings is 2. The molecule has 0 unspecified atom stereocenters. The minimum atomic E-state index is -0.352. The van der Waals surface area contributed by atoms with Gasteiger partial charge in [-0.15, -0.1) is 10.2 Å². The number of anilines is 1. The van der Waals surface area contributed by atoms with Crippen LogP contribution < -0.4 is 14.8 Å². The number of ether oxygens (including phenoxy) is 2. The van der Waals surface area contributed by atoms with E-state index in [1.165, 1.54) is 7.11 Å². The highest BCUT2D eigenvalue weighted by atomic mass is 35.5. The number of carbonyl (C=O) groups excluding carboxylic acids is 1. The van der Waals surface area contributed by atoms with Crippen LogP contribution in [0.25, 0.3) is 11.1 Å². The van der Waals surface area contributed by atoms with Crippen LogP contribution in [-0.2, 0) is 0 Å². The number of aromatic nitrogens is 2. The zero-order valence-corrected chi connectivity index (χ0v) is 18.8. The Morgan fingerprint density at radius 2 is 1.87 bits per heavy atom. The minimum absolute atomic E-state index is 0.0526. The third-order valence-electron chi connectivity index (χ3n) is 3.75. The second-order valence-corrected chi connectivity index (χ2v) is 8.22. The van der Waals surface area contributed by atoms with E-state index in [4.69, 9.17) is 32.7 Å². The standard InChI is InChI=1S/C21H19Cl2N3O3S/c1-12(2)29-18-15(22)9-13(11-17(18)28-3)10-16(23)20-25-26-21(30-20)19(27)24-14-7-5-4-6-8-14/h4-12H,1-3H3,(H,24,27)/b16-10-. The van der Waals surface area contributed by atoms with Crippen molar-refractivity contribution < 1.29 is 14.3 Å². The summed E-state index contributed by atoms with van der Waals surface area (Å²) in [5, 5.41) is 12.0. The first-order chi connectivity index (χ1) is 14.4. The molecule has 0 spiro atoms. The van der Waals surface area contributed by atoms with Gasteiger partial charge in [-0.2, -0.15) is 0 Å².